The van der Waals surface area contributed by atoms with E-state index >= 15 is 0 Å². The average Bonchev–Trinajstić information content (AvgIpc) is 2.22. The van der Waals surface area contributed by atoms with Gasteiger partial charge >= 0.3 is 0 Å². The van der Waals surface area contributed by atoms with Crippen LogP contribution in [0.2, 0.25) is 0 Å². The molecular weight excluding hydrogens is 204 g/mol. The molecule has 0 heteroatoms. The van der Waals surface area contributed by atoms with Crippen LogP contribution in [0.1, 0.15) is 73.6 Å². The minimum Gasteiger partial charge on any atom is -0.0651 e. The van der Waals surface area contributed by atoms with Crippen molar-refractivity contribution in [3.63, 3.8) is 0 Å². The van der Waals surface area contributed by atoms with Crippen LogP contribution in [0.15, 0.2) is 0 Å². The first-order valence-corrected chi connectivity index (χ1v) is 7.95. The highest BCUT2D eigenvalue weighted by Gasteiger charge is 2.36. The van der Waals surface area contributed by atoms with Crippen LogP contribution < -0.4 is 0 Å². The minimum absolute atomic E-state index is 0.882. The molecule has 17 heavy (non-hydrogen) atoms. The summed E-state index contributed by atoms with van der Waals surface area (Å²) in [5.74, 6) is 5.81. The van der Waals surface area contributed by atoms with E-state index in [0.717, 1.165) is 35.5 Å². The third kappa shape index (κ3) is 4.30. The van der Waals surface area contributed by atoms with Crippen molar-refractivity contribution in [3.05, 3.63) is 0 Å². The molecular formula is C17H34. The fourth-order valence-corrected chi connectivity index (χ4v) is 3.27. The molecule has 0 radical (unpaired) electrons. The van der Waals surface area contributed by atoms with E-state index in [1.165, 1.54) is 32.1 Å². The molecule has 1 saturated carbocycles. The van der Waals surface area contributed by atoms with Crippen LogP contribution in [0.5, 0.6) is 0 Å². The Morgan fingerprint density at radius 1 is 0.882 bits per heavy atom. The lowest BCUT2D eigenvalue weighted by Gasteiger charge is -2.44. The van der Waals surface area contributed by atoms with Gasteiger partial charge in [0, 0.05) is 0 Å². The first-order valence-electron chi connectivity index (χ1n) is 7.95. The highest BCUT2D eigenvalue weighted by molar-refractivity contribution is 4.87. The van der Waals surface area contributed by atoms with E-state index < -0.39 is 0 Å². The van der Waals surface area contributed by atoms with E-state index in [1.807, 2.05) is 0 Å². The van der Waals surface area contributed by atoms with Gasteiger partial charge < -0.3 is 0 Å². The van der Waals surface area contributed by atoms with E-state index in [9.17, 15) is 0 Å². The Hall–Kier alpha value is 0. The zero-order chi connectivity index (χ0) is 13.0. The minimum atomic E-state index is 0.882. The van der Waals surface area contributed by atoms with Crippen LogP contribution in [-0.4, -0.2) is 0 Å². The lowest BCUT2D eigenvalue weighted by atomic mass is 9.61. The molecule has 0 aromatic heterocycles. The van der Waals surface area contributed by atoms with E-state index in [-0.39, 0.29) is 0 Å². The molecule has 1 rings (SSSR count). The molecule has 1 fully saturated rings. The molecule has 0 spiro atoms. The van der Waals surface area contributed by atoms with Crippen LogP contribution in [0.25, 0.3) is 0 Å². The van der Waals surface area contributed by atoms with Crippen molar-refractivity contribution < 1.29 is 0 Å². The molecule has 3 unspecified atom stereocenters. The predicted octanol–water partition coefficient (Wildman–Crippen LogP) is 5.77. The summed E-state index contributed by atoms with van der Waals surface area (Å²) < 4.78 is 0. The zero-order valence-corrected chi connectivity index (χ0v) is 13.0. The molecule has 0 saturated heterocycles. The van der Waals surface area contributed by atoms with E-state index in [1.54, 1.807) is 0 Å². The maximum atomic E-state index is 2.48. The first kappa shape index (κ1) is 15.1. The molecule has 0 aliphatic heterocycles. The summed E-state index contributed by atoms with van der Waals surface area (Å²) in [5.41, 5.74) is 0. The number of rotatable bonds is 7. The first-order chi connectivity index (χ1) is 7.95. The second-order valence-corrected chi connectivity index (χ2v) is 7.18. The summed E-state index contributed by atoms with van der Waals surface area (Å²) in [6.45, 7) is 14.4. The largest absolute Gasteiger partial charge is 0.0651 e. The van der Waals surface area contributed by atoms with Crippen LogP contribution in [0.4, 0.5) is 0 Å². The Kier molecular flexibility index (Phi) is 6.03. The summed E-state index contributed by atoms with van der Waals surface area (Å²) in [7, 11) is 0. The lowest BCUT2D eigenvalue weighted by molar-refractivity contribution is 0.0601. The monoisotopic (exact) mass is 238 g/mol. The summed E-state index contributed by atoms with van der Waals surface area (Å²) in [6, 6.07) is 0. The highest BCUT2D eigenvalue weighted by atomic mass is 14.4. The SMILES string of the molecule is CCC(C)C(C)C1CC(C(C)CCC(C)C)C1. The van der Waals surface area contributed by atoms with Gasteiger partial charge in [0.2, 0.25) is 0 Å². The Morgan fingerprint density at radius 3 is 1.94 bits per heavy atom. The van der Waals surface area contributed by atoms with Gasteiger partial charge in [-0.3, -0.25) is 0 Å². The molecule has 0 aromatic carbocycles. The highest BCUT2D eigenvalue weighted by Crippen LogP contribution is 2.46. The summed E-state index contributed by atoms with van der Waals surface area (Å²) >= 11 is 0. The topological polar surface area (TPSA) is 0 Å². The molecule has 0 nitrogen and oxygen atoms in total. The van der Waals surface area contributed by atoms with Crippen molar-refractivity contribution in [2.24, 2.45) is 35.5 Å². The van der Waals surface area contributed by atoms with Gasteiger partial charge in [-0.15, -0.1) is 0 Å². The number of hydrogen-bond donors (Lipinski definition) is 0. The molecule has 1 aliphatic carbocycles. The van der Waals surface area contributed by atoms with Crippen LogP contribution in [0, 0.1) is 35.5 Å². The van der Waals surface area contributed by atoms with Crippen LogP contribution in [-0.2, 0) is 0 Å². The maximum Gasteiger partial charge on any atom is -0.0380 e. The molecule has 0 N–H and O–H groups in total. The second-order valence-electron chi connectivity index (χ2n) is 7.18. The summed E-state index contributed by atoms with van der Waals surface area (Å²) in [6.07, 6.45) is 7.26. The van der Waals surface area contributed by atoms with Gasteiger partial charge in [-0.1, -0.05) is 60.8 Å². The molecule has 0 heterocycles. The normalized spacial score (nSPS) is 29.8. The van der Waals surface area contributed by atoms with E-state index in [2.05, 4.69) is 41.5 Å². The third-order valence-electron chi connectivity index (χ3n) is 5.50. The maximum absolute atomic E-state index is 2.48. The summed E-state index contributed by atoms with van der Waals surface area (Å²) in [5, 5.41) is 0. The van der Waals surface area contributed by atoms with Gasteiger partial charge in [-0.2, -0.15) is 0 Å². The standard InChI is InChI=1S/C17H34/c1-7-13(4)15(6)17-10-16(11-17)14(5)9-8-12(2)3/h12-17H,7-11H2,1-6H3. The van der Waals surface area contributed by atoms with Crippen molar-refractivity contribution in [2.75, 3.05) is 0 Å². The van der Waals surface area contributed by atoms with Gasteiger partial charge in [0.1, 0.15) is 0 Å². The summed E-state index contributed by atoms with van der Waals surface area (Å²) in [4.78, 5) is 0. The van der Waals surface area contributed by atoms with Crippen molar-refractivity contribution >= 4 is 0 Å². The molecule has 0 amide bonds. The molecule has 3 atom stereocenters. The third-order valence-corrected chi connectivity index (χ3v) is 5.50. The van der Waals surface area contributed by atoms with Gasteiger partial charge in [-0.05, 0) is 48.3 Å². The Bertz CT molecular complexity index is 200. The van der Waals surface area contributed by atoms with Crippen molar-refractivity contribution in [3.8, 4) is 0 Å². The zero-order valence-electron chi connectivity index (χ0n) is 13.0. The molecule has 102 valence electrons. The van der Waals surface area contributed by atoms with Crippen LogP contribution >= 0.6 is 0 Å². The second kappa shape index (κ2) is 6.81. The van der Waals surface area contributed by atoms with E-state index in [4.69, 9.17) is 0 Å². The van der Waals surface area contributed by atoms with Crippen LogP contribution in [0.3, 0.4) is 0 Å². The van der Waals surface area contributed by atoms with E-state index in [0.29, 0.717) is 0 Å². The average molecular weight is 238 g/mol. The quantitative estimate of drug-likeness (QED) is 0.528. The fraction of sp³-hybridized carbons (Fsp3) is 1.00. The van der Waals surface area contributed by atoms with Crippen molar-refractivity contribution in [1.82, 2.24) is 0 Å². The molecule has 0 bridgehead atoms. The van der Waals surface area contributed by atoms with Gasteiger partial charge in [-0.25, -0.2) is 0 Å². The van der Waals surface area contributed by atoms with Gasteiger partial charge in [0.15, 0.2) is 0 Å². The number of hydrogen-bond acceptors (Lipinski definition) is 0. The smallest absolute Gasteiger partial charge is 0.0380 e. The van der Waals surface area contributed by atoms with Gasteiger partial charge in [0.05, 0.1) is 0 Å². The predicted molar refractivity (Wildman–Crippen MR) is 78.1 cm³/mol. The van der Waals surface area contributed by atoms with Crippen molar-refractivity contribution in [2.45, 2.75) is 73.6 Å². The van der Waals surface area contributed by atoms with Crippen molar-refractivity contribution in [1.29, 1.82) is 0 Å². The molecule has 0 aromatic rings. The fourth-order valence-electron chi connectivity index (χ4n) is 3.27. The Labute approximate surface area is 110 Å². The lowest BCUT2D eigenvalue weighted by Crippen LogP contribution is -2.35. The van der Waals surface area contributed by atoms with Gasteiger partial charge in [0.25, 0.3) is 0 Å². The Balaban J connectivity index is 2.22. The Morgan fingerprint density at radius 2 is 1.47 bits per heavy atom. The molecule has 1 aliphatic rings.